The van der Waals surface area contributed by atoms with Gasteiger partial charge in [0.1, 0.15) is 6.42 Å². The van der Waals surface area contributed by atoms with Crippen LogP contribution in [-0.4, -0.2) is 26.0 Å². The van der Waals surface area contributed by atoms with Gasteiger partial charge in [0, 0.05) is 13.1 Å². The molecule has 2 N–H and O–H groups in total. The highest BCUT2D eigenvalue weighted by Gasteiger charge is 2.10. The Kier molecular flexibility index (Phi) is 7.02. The molecule has 0 saturated heterocycles. The summed E-state index contributed by atoms with van der Waals surface area (Å²) >= 11 is 0. The number of carbonyl (C=O) groups is 2. The van der Waals surface area contributed by atoms with Crippen LogP contribution in [0.15, 0.2) is 42.5 Å². The molecule has 0 radical (unpaired) electrons. The number of rotatable bonds is 8. The molecule has 2 aromatic carbocycles. The molecule has 0 fully saturated rings. The number of methoxy groups -OCH3 is 2. The van der Waals surface area contributed by atoms with Crippen molar-refractivity contribution in [1.82, 2.24) is 10.6 Å². The topological polar surface area (TPSA) is 76.7 Å². The van der Waals surface area contributed by atoms with Crippen LogP contribution in [-0.2, 0) is 22.7 Å². The van der Waals surface area contributed by atoms with E-state index in [4.69, 9.17) is 9.47 Å². The van der Waals surface area contributed by atoms with Gasteiger partial charge in [-0.3, -0.25) is 9.59 Å². The molecule has 0 spiro atoms. The molecule has 0 unspecified atom stereocenters. The van der Waals surface area contributed by atoms with Crippen molar-refractivity contribution in [3.63, 3.8) is 0 Å². The Bertz CT molecular complexity index is 757. The number of ether oxygens (including phenoxy) is 2. The van der Waals surface area contributed by atoms with Crippen molar-refractivity contribution in [2.24, 2.45) is 0 Å². The lowest BCUT2D eigenvalue weighted by atomic mass is 10.1. The highest BCUT2D eigenvalue weighted by molar-refractivity contribution is 5.96. The summed E-state index contributed by atoms with van der Waals surface area (Å²) in [5, 5.41) is 5.47. The second kappa shape index (κ2) is 9.46. The maximum Gasteiger partial charge on any atom is 0.229 e. The third kappa shape index (κ3) is 5.81. The first kappa shape index (κ1) is 19.3. The smallest absolute Gasteiger partial charge is 0.229 e. The van der Waals surface area contributed by atoms with E-state index in [1.54, 1.807) is 26.4 Å². The molecular weight excluding hydrogens is 332 g/mol. The number of hydrogen-bond acceptors (Lipinski definition) is 4. The number of hydrogen-bond donors (Lipinski definition) is 2. The zero-order valence-corrected chi connectivity index (χ0v) is 15.3. The summed E-state index contributed by atoms with van der Waals surface area (Å²) in [5.74, 6) is 0.574. The molecule has 0 bridgehead atoms. The fourth-order valence-electron chi connectivity index (χ4n) is 2.37. The quantitative estimate of drug-likeness (QED) is 0.712. The van der Waals surface area contributed by atoms with Crippen LogP contribution in [0.1, 0.15) is 23.1 Å². The van der Waals surface area contributed by atoms with E-state index in [0.29, 0.717) is 24.6 Å². The van der Waals surface area contributed by atoms with Crippen LogP contribution in [0, 0.1) is 6.92 Å². The highest BCUT2D eigenvalue weighted by atomic mass is 16.5. The summed E-state index contributed by atoms with van der Waals surface area (Å²) in [6.07, 6.45) is -0.209. The van der Waals surface area contributed by atoms with Gasteiger partial charge in [0.25, 0.3) is 0 Å². The van der Waals surface area contributed by atoms with E-state index in [9.17, 15) is 9.59 Å². The second-order valence-electron chi connectivity index (χ2n) is 5.91. The lowest BCUT2D eigenvalue weighted by molar-refractivity contribution is -0.129. The molecule has 6 nitrogen and oxygen atoms in total. The van der Waals surface area contributed by atoms with E-state index in [1.165, 1.54) is 0 Å². The van der Waals surface area contributed by atoms with Gasteiger partial charge in [-0.1, -0.05) is 35.9 Å². The lowest BCUT2D eigenvalue weighted by Crippen LogP contribution is -2.31. The van der Waals surface area contributed by atoms with Gasteiger partial charge in [-0.2, -0.15) is 0 Å². The summed E-state index contributed by atoms with van der Waals surface area (Å²) < 4.78 is 10.4. The second-order valence-corrected chi connectivity index (χ2v) is 5.91. The van der Waals surface area contributed by atoms with Gasteiger partial charge in [0.15, 0.2) is 11.5 Å². The molecule has 0 aliphatic carbocycles. The van der Waals surface area contributed by atoms with Crippen LogP contribution < -0.4 is 20.1 Å². The third-order valence-electron chi connectivity index (χ3n) is 3.87. The molecule has 0 aromatic heterocycles. The molecule has 2 amide bonds. The van der Waals surface area contributed by atoms with Crippen molar-refractivity contribution >= 4 is 11.8 Å². The van der Waals surface area contributed by atoms with Crippen molar-refractivity contribution in [3.05, 3.63) is 59.2 Å². The zero-order chi connectivity index (χ0) is 18.9. The first-order chi connectivity index (χ1) is 12.5. The Morgan fingerprint density at radius 2 is 1.35 bits per heavy atom. The Morgan fingerprint density at radius 3 is 1.92 bits per heavy atom. The Morgan fingerprint density at radius 1 is 0.808 bits per heavy atom. The summed E-state index contributed by atoms with van der Waals surface area (Å²) in [6.45, 7) is 2.72. The SMILES string of the molecule is COc1ccc(CNC(=O)CC(=O)NCc2ccc(C)cc2)cc1OC. The van der Waals surface area contributed by atoms with Gasteiger partial charge in [-0.25, -0.2) is 0 Å². The molecule has 0 heterocycles. The van der Waals surface area contributed by atoms with Gasteiger partial charge in [-0.15, -0.1) is 0 Å². The van der Waals surface area contributed by atoms with E-state index < -0.39 is 0 Å². The fraction of sp³-hybridized carbons (Fsp3) is 0.300. The van der Waals surface area contributed by atoms with Gasteiger partial charge >= 0.3 is 0 Å². The van der Waals surface area contributed by atoms with Crippen molar-refractivity contribution in [3.8, 4) is 11.5 Å². The van der Waals surface area contributed by atoms with Crippen molar-refractivity contribution in [1.29, 1.82) is 0 Å². The molecule has 2 aromatic rings. The molecule has 0 aliphatic rings. The molecule has 138 valence electrons. The predicted molar refractivity (Wildman–Crippen MR) is 99.0 cm³/mol. The van der Waals surface area contributed by atoms with E-state index >= 15 is 0 Å². The third-order valence-corrected chi connectivity index (χ3v) is 3.87. The average molecular weight is 356 g/mol. The molecule has 0 aliphatic heterocycles. The van der Waals surface area contributed by atoms with Crippen LogP contribution in [0.3, 0.4) is 0 Å². The minimum absolute atomic E-state index is 0.209. The molecule has 0 atom stereocenters. The van der Waals surface area contributed by atoms with Crippen molar-refractivity contribution < 1.29 is 19.1 Å². The highest BCUT2D eigenvalue weighted by Crippen LogP contribution is 2.27. The predicted octanol–water partition coefficient (Wildman–Crippen LogP) is 2.33. The first-order valence-electron chi connectivity index (χ1n) is 8.31. The van der Waals surface area contributed by atoms with Crippen molar-refractivity contribution in [2.45, 2.75) is 26.4 Å². The van der Waals surface area contributed by atoms with E-state index in [-0.39, 0.29) is 18.2 Å². The van der Waals surface area contributed by atoms with Crippen LogP contribution >= 0.6 is 0 Å². The maximum absolute atomic E-state index is 11.9. The monoisotopic (exact) mass is 356 g/mol. The number of aryl methyl sites for hydroxylation is 1. The number of nitrogens with one attached hydrogen (secondary N) is 2. The Labute approximate surface area is 153 Å². The van der Waals surface area contributed by atoms with Crippen molar-refractivity contribution in [2.75, 3.05) is 14.2 Å². The summed E-state index contributed by atoms with van der Waals surface area (Å²) in [4.78, 5) is 23.8. The molecule has 26 heavy (non-hydrogen) atoms. The normalized spacial score (nSPS) is 10.1. The first-order valence-corrected chi connectivity index (χ1v) is 8.31. The minimum atomic E-state index is -0.332. The van der Waals surface area contributed by atoms with Gasteiger partial charge < -0.3 is 20.1 Å². The van der Waals surface area contributed by atoms with Gasteiger partial charge in [0.2, 0.25) is 11.8 Å². The largest absolute Gasteiger partial charge is 0.493 e. The zero-order valence-electron chi connectivity index (χ0n) is 15.3. The summed E-state index contributed by atoms with van der Waals surface area (Å²) in [6, 6.07) is 13.3. The van der Waals surface area contributed by atoms with Crippen LogP contribution in [0.2, 0.25) is 0 Å². The molecule has 2 rings (SSSR count). The van der Waals surface area contributed by atoms with E-state index in [2.05, 4.69) is 10.6 Å². The Balaban J connectivity index is 1.77. The summed E-state index contributed by atoms with van der Waals surface area (Å²) in [5.41, 5.74) is 3.01. The van der Waals surface area contributed by atoms with Crippen LogP contribution in [0.5, 0.6) is 11.5 Å². The lowest BCUT2D eigenvalue weighted by Gasteiger charge is -2.10. The molecular formula is C20H24N2O4. The number of benzene rings is 2. The average Bonchev–Trinajstić information content (AvgIpc) is 2.65. The fourth-order valence-corrected chi connectivity index (χ4v) is 2.37. The number of amides is 2. The number of carbonyl (C=O) groups excluding carboxylic acids is 2. The van der Waals surface area contributed by atoms with E-state index in [1.807, 2.05) is 37.3 Å². The summed E-state index contributed by atoms with van der Waals surface area (Å²) in [7, 11) is 3.12. The maximum atomic E-state index is 11.9. The standard InChI is InChI=1S/C20H24N2O4/c1-14-4-6-15(7-5-14)12-21-19(23)11-20(24)22-13-16-8-9-17(25-2)18(10-16)26-3/h4-10H,11-13H2,1-3H3,(H,21,23)(H,22,24). The Hall–Kier alpha value is -3.02. The molecule has 0 saturated carbocycles. The van der Waals surface area contributed by atoms with Crippen LogP contribution in [0.4, 0.5) is 0 Å². The molecule has 6 heteroatoms. The van der Waals surface area contributed by atoms with Gasteiger partial charge in [-0.05, 0) is 30.2 Å². The van der Waals surface area contributed by atoms with E-state index in [0.717, 1.165) is 16.7 Å². The van der Waals surface area contributed by atoms with Crippen LogP contribution in [0.25, 0.3) is 0 Å². The minimum Gasteiger partial charge on any atom is -0.493 e. The van der Waals surface area contributed by atoms with Gasteiger partial charge in [0.05, 0.1) is 14.2 Å².